The van der Waals surface area contributed by atoms with Crippen molar-refractivity contribution in [1.29, 1.82) is 0 Å². The van der Waals surface area contributed by atoms with Crippen LogP contribution in [0.4, 0.5) is 10.5 Å². The highest BCUT2D eigenvalue weighted by molar-refractivity contribution is 5.72. The van der Waals surface area contributed by atoms with Gasteiger partial charge in [-0.05, 0) is 31.2 Å². The summed E-state index contributed by atoms with van der Waals surface area (Å²) >= 11 is 0. The van der Waals surface area contributed by atoms with Crippen LogP contribution in [0.3, 0.4) is 0 Å². The number of benzene rings is 1. The smallest absolute Gasteiger partial charge is 0.434 e. The quantitative estimate of drug-likeness (QED) is 0.464. The molecule has 0 bridgehead atoms. The van der Waals surface area contributed by atoms with Crippen molar-refractivity contribution < 1.29 is 19.1 Å². The fourth-order valence-electron chi connectivity index (χ4n) is 0.909. The summed E-state index contributed by atoms with van der Waals surface area (Å²) in [7, 11) is 0. The Bertz CT molecular complexity index is 334. The SMILES string of the molecule is CCOC(=O)Oc1ccc(N[C]=O)cc1. The number of ether oxygens (including phenoxy) is 2. The van der Waals surface area contributed by atoms with Crippen molar-refractivity contribution in [2.75, 3.05) is 11.9 Å². The third kappa shape index (κ3) is 3.68. The summed E-state index contributed by atoms with van der Waals surface area (Å²) in [6, 6.07) is 6.24. The van der Waals surface area contributed by atoms with Gasteiger partial charge in [-0.3, -0.25) is 4.79 Å². The van der Waals surface area contributed by atoms with Crippen LogP contribution in [0.15, 0.2) is 24.3 Å². The van der Waals surface area contributed by atoms with Gasteiger partial charge in [0.25, 0.3) is 0 Å². The van der Waals surface area contributed by atoms with Crippen molar-refractivity contribution >= 4 is 18.3 Å². The van der Waals surface area contributed by atoms with E-state index in [9.17, 15) is 9.59 Å². The van der Waals surface area contributed by atoms with Crippen LogP contribution in [0.5, 0.6) is 5.75 Å². The van der Waals surface area contributed by atoms with Crippen molar-refractivity contribution in [2.45, 2.75) is 6.92 Å². The molecule has 1 N–H and O–H groups in total. The van der Waals surface area contributed by atoms with Gasteiger partial charge in [-0.2, -0.15) is 0 Å². The van der Waals surface area contributed by atoms with Crippen molar-refractivity contribution in [1.82, 2.24) is 0 Å². The lowest BCUT2D eigenvalue weighted by atomic mass is 10.3. The Morgan fingerprint density at radius 1 is 1.40 bits per heavy atom. The molecule has 15 heavy (non-hydrogen) atoms. The molecular formula is C10H10NO4. The van der Waals surface area contributed by atoms with Crippen molar-refractivity contribution in [3.05, 3.63) is 24.3 Å². The van der Waals surface area contributed by atoms with E-state index in [1.54, 1.807) is 19.1 Å². The van der Waals surface area contributed by atoms with Crippen LogP contribution in [-0.2, 0) is 9.53 Å². The number of anilines is 1. The molecule has 79 valence electrons. The molecule has 0 aromatic heterocycles. The van der Waals surface area contributed by atoms with Crippen LogP contribution in [0.1, 0.15) is 6.92 Å². The standard InChI is InChI=1S/C10H10NO4/c1-2-14-10(13)15-9-5-3-8(4-6-9)11-7-12/h3-6H,2H2,1H3,(H,11,12). The Balaban J connectivity index is 2.56. The molecule has 0 unspecified atom stereocenters. The maximum absolute atomic E-state index is 10.9. The van der Waals surface area contributed by atoms with Crippen molar-refractivity contribution in [3.63, 3.8) is 0 Å². The summed E-state index contributed by atoms with van der Waals surface area (Å²) in [6.07, 6.45) is 0.782. The minimum atomic E-state index is -0.750. The Hall–Kier alpha value is -2.04. The zero-order chi connectivity index (χ0) is 11.1. The minimum absolute atomic E-state index is 0.262. The van der Waals surface area contributed by atoms with Gasteiger partial charge in [-0.25, -0.2) is 4.79 Å². The number of carbonyl (C=O) groups excluding carboxylic acids is 2. The zero-order valence-electron chi connectivity index (χ0n) is 8.15. The third-order valence-corrected chi connectivity index (χ3v) is 1.51. The highest BCUT2D eigenvalue weighted by atomic mass is 16.7. The predicted octanol–water partition coefficient (Wildman–Crippen LogP) is 1.70. The summed E-state index contributed by atoms with van der Waals surface area (Å²) < 4.78 is 9.38. The normalized spacial score (nSPS) is 9.13. The first-order chi connectivity index (χ1) is 7.26. The third-order valence-electron chi connectivity index (χ3n) is 1.51. The van der Waals surface area contributed by atoms with E-state index in [2.05, 4.69) is 10.1 Å². The van der Waals surface area contributed by atoms with Gasteiger partial charge in [0.05, 0.1) is 6.61 Å². The summed E-state index contributed by atoms with van der Waals surface area (Å²) in [4.78, 5) is 20.9. The number of carbonyl (C=O) groups is 1. The molecule has 1 amide bonds. The summed E-state index contributed by atoms with van der Waals surface area (Å²) in [6.45, 7) is 1.95. The van der Waals surface area contributed by atoms with Gasteiger partial charge in [0.1, 0.15) is 5.75 Å². The summed E-state index contributed by atoms with van der Waals surface area (Å²) in [5, 5.41) is 2.34. The second-order valence-electron chi connectivity index (χ2n) is 2.54. The Kier molecular flexibility index (Phi) is 4.15. The number of hydrogen-bond acceptors (Lipinski definition) is 4. The fraction of sp³-hybridized carbons (Fsp3) is 0.200. The molecule has 0 aliphatic rings. The fourth-order valence-corrected chi connectivity index (χ4v) is 0.909. The zero-order valence-corrected chi connectivity index (χ0v) is 8.15. The van der Waals surface area contributed by atoms with E-state index in [0.29, 0.717) is 11.4 Å². The molecular weight excluding hydrogens is 198 g/mol. The molecule has 0 fully saturated rings. The monoisotopic (exact) mass is 208 g/mol. The van der Waals surface area contributed by atoms with Gasteiger partial charge in [0.2, 0.25) is 0 Å². The summed E-state index contributed by atoms with van der Waals surface area (Å²) in [5.41, 5.74) is 0.571. The maximum atomic E-state index is 10.9. The van der Waals surface area contributed by atoms with Gasteiger partial charge in [-0.15, -0.1) is 0 Å². The Morgan fingerprint density at radius 2 is 2.07 bits per heavy atom. The number of nitrogens with one attached hydrogen (secondary N) is 1. The van der Waals surface area contributed by atoms with Crippen LogP contribution in [0, 0.1) is 0 Å². The van der Waals surface area contributed by atoms with E-state index in [1.165, 1.54) is 18.5 Å². The van der Waals surface area contributed by atoms with Gasteiger partial charge in [-0.1, -0.05) is 0 Å². The van der Waals surface area contributed by atoms with Crippen LogP contribution >= 0.6 is 0 Å². The summed E-state index contributed by atoms with van der Waals surface area (Å²) in [5.74, 6) is 0.352. The first-order valence-electron chi connectivity index (χ1n) is 4.34. The first kappa shape index (κ1) is 11.0. The second-order valence-corrected chi connectivity index (χ2v) is 2.54. The lowest BCUT2D eigenvalue weighted by Crippen LogP contribution is -2.09. The predicted molar refractivity (Wildman–Crippen MR) is 53.4 cm³/mol. The number of hydrogen-bond donors (Lipinski definition) is 1. The first-order valence-corrected chi connectivity index (χ1v) is 4.34. The van der Waals surface area contributed by atoms with Crippen LogP contribution in [0.25, 0.3) is 0 Å². The van der Waals surface area contributed by atoms with E-state index in [1.807, 2.05) is 0 Å². The molecule has 0 saturated heterocycles. The Morgan fingerprint density at radius 3 is 2.60 bits per heavy atom. The average Bonchev–Trinajstić information content (AvgIpc) is 2.22. The van der Waals surface area contributed by atoms with Crippen LogP contribution < -0.4 is 10.1 Å². The second kappa shape index (κ2) is 5.64. The van der Waals surface area contributed by atoms with Crippen molar-refractivity contribution in [2.24, 2.45) is 0 Å². The molecule has 0 heterocycles. The molecule has 5 heteroatoms. The lowest BCUT2D eigenvalue weighted by Gasteiger charge is -2.04. The molecule has 0 aliphatic carbocycles. The minimum Gasteiger partial charge on any atom is -0.434 e. The van der Waals surface area contributed by atoms with Gasteiger partial charge >= 0.3 is 12.6 Å². The van der Waals surface area contributed by atoms with Gasteiger partial charge in [0.15, 0.2) is 0 Å². The van der Waals surface area contributed by atoms with Gasteiger partial charge < -0.3 is 14.8 Å². The molecule has 5 nitrogen and oxygen atoms in total. The highest BCUT2D eigenvalue weighted by Crippen LogP contribution is 2.15. The Labute approximate surface area is 87.0 Å². The topological polar surface area (TPSA) is 64.6 Å². The van der Waals surface area contributed by atoms with Crippen LogP contribution in [-0.4, -0.2) is 19.2 Å². The van der Waals surface area contributed by atoms with Gasteiger partial charge in [0, 0.05) is 5.69 Å². The molecule has 1 aromatic rings. The molecule has 0 atom stereocenters. The highest BCUT2D eigenvalue weighted by Gasteiger charge is 2.03. The van der Waals surface area contributed by atoms with E-state index < -0.39 is 6.16 Å². The molecule has 1 aromatic carbocycles. The van der Waals surface area contributed by atoms with E-state index in [0.717, 1.165) is 0 Å². The van der Waals surface area contributed by atoms with E-state index in [-0.39, 0.29) is 6.61 Å². The molecule has 1 radical (unpaired) electrons. The van der Waals surface area contributed by atoms with Crippen LogP contribution in [0.2, 0.25) is 0 Å². The number of rotatable bonds is 4. The molecule has 0 spiro atoms. The average molecular weight is 208 g/mol. The molecule has 1 rings (SSSR count). The molecule has 0 saturated carbocycles. The van der Waals surface area contributed by atoms with Crippen molar-refractivity contribution in [3.8, 4) is 5.75 Å². The van der Waals surface area contributed by atoms with E-state index in [4.69, 9.17) is 4.74 Å². The molecule has 0 aliphatic heterocycles. The lowest BCUT2D eigenvalue weighted by molar-refractivity contribution is 0.104. The van der Waals surface area contributed by atoms with E-state index >= 15 is 0 Å². The maximum Gasteiger partial charge on any atom is 0.513 e. The number of amides is 1. The largest absolute Gasteiger partial charge is 0.513 e.